The van der Waals surface area contributed by atoms with Gasteiger partial charge in [0.15, 0.2) is 5.13 Å². The van der Waals surface area contributed by atoms with Crippen LogP contribution in [0, 0.1) is 11.3 Å². The van der Waals surface area contributed by atoms with Gasteiger partial charge >= 0.3 is 0 Å². The fourth-order valence-electron chi connectivity index (χ4n) is 2.04. The van der Waals surface area contributed by atoms with E-state index in [1.807, 2.05) is 30.5 Å². The number of hydrogen-bond donors (Lipinski definition) is 1. The lowest BCUT2D eigenvalue weighted by atomic mass is 10.1. The van der Waals surface area contributed by atoms with Gasteiger partial charge in [0, 0.05) is 29.9 Å². The molecule has 110 valence electrons. The summed E-state index contributed by atoms with van der Waals surface area (Å²) in [5.74, 6) is 0. The van der Waals surface area contributed by atoms with Gasteiger partial charge in [-0.25, -0.2) is 4.98 Å². The third-order valence-corrected chi connectivity index (χ3v) is 4.34. The summed E-state index contributed by atoms with van der Waals surface area (Å²) in [6.45, 7) is 7.03. The molecule has 0 atom stereocenters. The van der Waals surface area contributed by atoms with Crippen molar-refractivity contribution in [2.24, 2.45) is 0 Å². The summed E-state index contributed by atoms with van der Waals surface area (Å²) in [6.07, 6.45) is 2.40. The van der Waals surface area contributed by atoms with Gasteiger partial charge in [0.25, 0.3) is 0 Å². The zero-order valence-corrected chi connectivity index (χ0v) is 13.3. The number of aromatic nitrogens is 1. The first-order valence-corrected chi connectivity index (χ1v) is 7.97. The highest BCUT2D eigenvalue weighted by Gasteiger charge is 2.07. The summed E-state index contributed by atoms with van der Waals surface area (Å²) in [5.41, 5.74) is 2.11. The Balaban J connectivity index is 1.92. The molecule has 4 nitrogen and oxygen atoms in total. The van der Waals surface area contributed by atoms with Crippen LogP contribution in [0.15, 0.2) is 30.5 Å². The van der Waals surface area contributed by atoms with Crippen molar-refractivity contribution in [1.29, 1.82) is 5.26 Å². The Bertz CT molecular complexity index is 593. The van der Waals surface area contributed by atoms with Crippen LogP contribution in [-0.4, -0.2) is 18.1 Å². The van der Waals surface area contributed by atoms with Crippen LogP contribution in [-0.2, 0) is 13.0 Å². The van der Waals surface area contributed by atoms with Gasteiger partial charge in [-0.05, 0) is 31.5 Å². The van der Waals surface area contributed by atoms with Crippen LogP contribution in [0.2, 0.25) is 0 Å². The Morgan fingerprint density at radius 3 is 2.57 bits per heavy atom. The van der Waals surface area contributed by atoms with Gasteiger partial charge in [-0.15, -0.1) is 11.3 Å². The average molecular weight is 300 g/mol. The molecule has 0 saturated heterocycles. The summed E-state index contributed by atoms with van der Waals surface area (Å²) in [7, 11) is 0. The molecule has 5 heteroatoms. The fourth-order valence-corrected chi connectivity index (χ4v) is 3.02. The van der Waals surface area contributed by atoms with Crippen LogP contribution in [0.1, 0.15) is 24.3 Å². The van der Waals surface area contributed by atoms with E-state index in [4.69, 9.17) is 5.26 Å². The normalized spacial score (nSPS) is 10.1. The maximum atomic E-state index is 8.65. The summed E-state index contributed by atoms with van der Waals surface area (Å²) >= 11 is 1.73. The molecule has 0 spiro atoms. The lowest BCUT2D eigenvalue weighted by molar-refractivity contribution is 0.860. The van der Waals surface area contributed by atoms with E-state index in [1.54, 1.807) is 11.3 Å². The largest absolute Gasteiger partial charge is 0.380 e. The van der Waals surface area contributed by atoms with Crippen molar-refractivity contribution in [2.75, 3.05) is 23.3 Å². The highest BCUT2D eigenvalue weighted by atomic mass is 32.1. The molecular weight excluding hydrogens is 280 g/mol. The number of anilines is 2. The van der Waals surface area contributed by atoms with E-state index in [9.17, 15) is 0 Å². The number of thiazole rings is 1. The Kier molecular flexibility index (Phi) is 5.59. The molecule has 2 rings (SSSR count). The number of nitriles is 1. The predicted octanol–water partition coefficient (Wildman–Crippen LogP) is 3.67. The second-order valence-corrected chi connectivity index (χ2v) is 5.76. The van der Waals surface area contributed by atoms with Crippen LogP contribution >= 0.6 is 11.3 Å². The molecule has 2 aromatic rings. The van der Waals surface area contributed by atoms with Crippen molar-refractivity contribution in [3.8, 4) is 6.07 Å². The van der Waals surface area contributed by atoms with Crippen molar-refractivity contribution in [3.05, 3.63) is 40.9 Å². The van der Waals surface area contributed by atoms with E-state index in [0.717, 1.165) is 36.0 Å². The number of benzene rings is 1. The van der Waals surface area contributed by atoms with Crippen molar-refractivity contribution in [1.82, 2.24) is 4.98 Å². The molecule has 0 amide bonds. The molecule has 21 heavy (non-hydrogen) atoms. The number of rotatable bonds is 7. The third kappa shape index (κ3) is 4.20. The first kappa shape index (κ1) is 15.3. The minimum absolute atomic E-state index is 0.461. The van der Waals surface area contributed by atoms with E-state index in [0.29, 0.717) is 6.42 Å². The number of nitrogens with one attached hydrogen (secondary N) is 1. The maximum Gasteiger partial charge on any atom is 0.185 e. The summed E-state index contributed by atoms with van der Waals surface area (Å²) in [6, 6.07) is 10.2. The molecule has 0 radical (unpaired) electrons. The molecule has 0 aliphatic heterocycles. The predicted molar refractivity (Wildman–Crippen MR) is 88.8 cm³/mol. The van der Waals surface area contributed by atoms with Crippen LogP contribution in [0.4, 0.5) is 10.8 Å². The van der Waals surface area contributed by atoms with Gasteiger partial charge < -0.3 is 10.2 Å². The molecule has 0 unspecified atom stereocenters. The molecule has 0 aliphatic carbocycles. The second-order valence-electron chi connectivity index (χ2n) is 4.67. The van der Waals surface area contributed by atoms with Crippen molar-refractivity contribution in [2.45, 2.75) is 26.8 Å². The lowest BCUT2D eigenvalue weighted by Crippen LogP contribution is -2.21. The van der Waals surface area contributed by atoms with Gasteiger partial charge in [-0.1, -0.05) is 12.1 Å². The van der Waals surface area contributed by atoms with E-state index < -0.39 is 0 Å². The third-order valence-electron chi connectivity index (χ3n) is 3.28. The first-order valence-electron chi connectivity index (χ1n) is 7.16. The lowest BCUT2D eigenvalue weighted by Gasteiger charge is -2.16. The Morgan fingerprint density at radius 1 is 1.24 bits per heavy atom. The molecule has 1 N–H and O–H groups in total. The summed E-state index contributed by atoms with van der Waals surface area (Å²) in [4.78, 5) is 7.95. The molecule has 0 saturated carbocycles. The van der Waals surface area contributed by atoms with Gasteiger partial charge in [0.05, 0.1) is 19.0 Å². The standard InChI is InChI=1S/C16H20N4S/c1-3-20(4-2)16-19-12-15(21-16)11-18-14-7-5-13(6-8-14)9-10-17/h5-8,12,18H,3-4,9,11H2,1-2H3. The number of nitrogens with zero attached hydrogens (tertiary/aromatic N) is 3. The maximum absolute atomic E-state index is 8.65. The highest BCUT2D eigenvalue weighted by molar-refractivity contribution is 7.15. The first-order chi connectivity index (χ1) is 10.3. The van der Waals surface area contributed by atoms with Crippen LogP contribution in [0.3, 0.4) is 0 Å². The van der Waals surface area contributed by atoms with Crippen molar-refractivity contribution >= 4 is 22.2 Å². The van der Waals surface area contributed by atoms with Crippen LogP contribution in [0.5, 0.6) is 0 Å². The van der Waals surface area contributed by atoms with Crippen LogP contribution in [0.25, 0.3) is 0 Å². The molecule has 1 aromatic heterocycles. The Hall–Kier alpha value is -2.06. The summed E-state index contributed by atoms with van der Waals surface area (Å²) in [5, 5.41) is 13.1. The molecular formula is C16H20N4S. The van der Waals surface area contributed by atoms with Gasteiger partial charge in [0.1, 0.15) is 0 Å². The quantitative estimate of drug-likeness (QED) is 0.847. The fraction of sp³-hybridized carbons (Fsp3) is 0.375. The van der Waals surface area contributed by atoms with Gasteiger partial charge in [-0.3, -0.25) is 0 Å². The molecule has 1 heterocycles. The highest BCUT2D eigenvalue weighted by Crippen LogP contribution is 2.23. The molecule has 1 aromatic carbocycles. The average Bonchev–Trinajstić information content (AvgIpc) is 2.97. The Morgan fingerprint density at radius 2 is 1.95 bits per heavy atom. The smallest absolute Gasteiger partial charge is 0.185 e. The minimum atomic E-state index is 0.461. The zero-order chi connectivity index (χ0) is 15.1. The van der Waals surface area contributed by atoms with E-state index in [-0.39, 0.29) is 0 Å². The van der Waals surface area contributed by atoms with E-state index in [2.05, 4.69) is 35.1 Å². The SMILES string of the molecule is CCN(CC)c1ncc(CNc2ccc(CC#N)cc2)s1. The molecule has 0 fully saturated rings. The monoisotopic (exact) mass is 300 g/mol. The topological polar surface area (TPSA) is 52.0 Å². The second kappa shape index (κ2) is 7.65. The molecule has 0 aliphatic rings. The van der Waals surface area contributed by atoms with Crippen molar-refractivity contribution in [3.63, 3.8) is 0 Å². The summed E-state index contributed by atoms with van der Waals surface area (Å²) < 4.78 is 0. The van der Waals surface area contributed by atoms with E-state index in [1.165, 1.54) is 4.88 Å². The number of hydrogen-bond acceptors (Lipinski definition) is 5. The molecule has 0 bridgehead atoms. The van der Waals surface area contributed by atoms with Crippen molar-refractivity contribution < 1.29 is 0 Å². The van der Waals surface area contributed by atoms with Gasteiger partial charge in [0.2, 0.25) is 0 Å². The zero-order valence-electron chi connectivity index (χ0n) is 12.5. The van der Waals surface area contributed by atoms with Crippen LogP contribution < -0.4 is 10.2 Å². The van der Waals surface area contributed by atoms with Gasteiger partial charge in [-0.2, -0.15) is 5.26 Å². The Labute approximate surface area is 130 Å². The minimum Gasteiger partial charge on any atom is -0.380 e. The van der Waals surface area contributed by atoms with E-state index >= 15 is 0 Å².